The van der Waals surface area contributed by atoms with E-state index in [-0.39, 0.29) is 18.4 Å². The number of carbonyl (C=O) groups excluding carboxylic acids is 2. The van der Waals surface area contributed by atoms with E-state index in [0.29, 0.717) is 6.42 Å². The van der Waals surface area contributed by atoms with Crippen molar-refractivity contribution in [1.29, 1.82) is 0 Å². The molecule has 1 saturated heterocycles. The second-order valence-electron chi connectivity index (χ2n) is 8.38. The van der Waals surface area contributed by atoms with Crippen molar-refractivity contribution in [3.63, 3.8) is 0 Å². The Morgan fingerprint density at radius 3 is 1.93 bits per heavy atom. The van der Waals surface area contributed by atoms with Gasteiger partial charge in [0.05, 0.1) is 24.5 Å². The molecule has 3 rings (SSSR count). The lowest BCUT2D eigenvalue weighted by atomic mass is 9.75. The molecular formula is C23H27NO3. The number of rotatable bonds is 5. The molecule has 1 aliphatic heterocycles. The summed E-state index contributed by atoms with van der Waals surface area (Å²) >= 11 is 0. The first-order valence-electron chi connectivity index (χ1n) is 9.40. The molecule has 27 heavy (non-hydrogen) atoms. The van der Waals surface area contributed by atoms with Gasteiger partial charge in [-0.15, -0.1) is 0 Å². The highest BCUT2D eigenvalue weighted by Gasteiger charge is 2.52. The zero-order valence-electron chi connectivity index (χ0n) is 16.1. The fraction of sp³-hybridized carbons (Fsp3) is 0.391. The van der Waals surface area contributed by atoms with Crippen LogP contribution in [-0.2, 0) is 22.6 Å². The first-order chi connectivity index (χ1) is 12.8. The lowest BCUT2D eigenvalue weighted by molar-refractivity contribution is -0.142. The SMILES string of the molecule is CC(C)(C)C(O)[C@@H]1C(=O)N(Cc2ccccc2)C(=O)[C@H]1Cc1ccccc1. The van der Waals surface area contributed by atoms with Gasteiger partial charge in [0.15, 0.2) is 0 Å². The van der Waals surface area contributed by atoms with Crippen LogP contribution in [0.2, 0.25) is 0 Å². The van der Waals surface area contributed by atoms with Crippen LogP contribution in [0.3, 0.4) is 0 Å². The van der Waals surface area contributed by atoms with Crippen molar-refractivity contribution in [1.82, 2.24) is 4.90 Å². The van der Waals surface area contributed by atoms with Gasteiger partial charge in [-0.2, -0.15) is 0 Å². The van der Waals surface area contributed by atoms with E-state index >= 15 is 0 Å². The summed E-state index contributed by atoms with van der Waals surface area (Å²) in [6, 6.07) is 19.2. The summed E-state index contributed by atoms with van der Waals surface area (Å²) in [5, 5.41) is 10.9. The molecule has 1 fully saturated rings. The van der Waals surface area contributed by atoms with Gasteiger partial charge in [0.2, 0.25) is 11.8 Å². The highest BCUT2D eigenvalue weighted by Crippen LogP contribution is 2.38. The lowest BCUT2D eigenvalue weighted by Gasteiger charge is -2.31. The van der Waals surface area contributed by atoms with Crippen molar-refractivity contribution in [3.8, 4) is 0 Å². The molecule has 0 bridgehead atoms. The molecule has 0 radical (unpaired) electrons. The topological polar surface area (TPSA) is 57.6 Å². The Labute approximate surface area is 160 Å². The molecule has 142 valence electrons. The molecule has 3 atom stereocenters. The predicted octanol–water partition coefficient (Wildman–Crippen LogP) is 3.44. The fourth-order valence-corrected chi connectivity index (χ4v) is 3.71. The average Bonchev–Trinajstić information content (AvgIpc) is 2.86. The number of benzene rings is 2. The van der Waals surface area contributed by atoms with Gasteiger partial charge in [0, 0.05) is 0 Å². The Morgan fingerprint density at radius 1 is 0.889 bits per heavy atom. The highest BCUT2D eigenvalue weighted by molar-refractivity contribution is 6.05. The Kier molecular flexibility index (Phi) is 5.47. The summed E-state index contributed by atoms with van der Waals surface area (Å²) in [6.07, 6.45) is -0.433. The summed E-state index contributed by atoms with van der Waals surface area (Å²) in [6.45, 7) is 5.94. The molecule has 2 amide bonds. The van der Waals surface area contributed by atoms with E-state index in [1.54, 1.807) is 0 Å². The second kappa shape index (κ2) is 7.65. The van der Waals surface area contributed by atoms with Crippen molar-refractivity contribution >= 4 is 11.8 Å². The number of nitrogens with zero attached hydrogens (tertiary/aromatic N) is 1. The van der Waals surface area contributed by atoms with Crippen LogP contribution in [0.1, 0.15) is 31.9 Å². The zero-order valence-corrected chi connectivity index (χ0v) is 16.1. The van der Waals surface area contributed by atoms with Crippen LogP contribution in [-0.4, -0.2) is 27.9 Å². The van der Waals surface area contributed by atoms with Crippen molar-refractivity contribution in [2.24, 2.45) is 17.3 Å². The largest absolute Gasteiger partial charge is 0.392 e. The third kappa shape index (κ3) is 4.11. The smallest absolute Gasteiger partial charge is 0.236 e. The second-order valence-corrected chi connectivity index (χ2v) is 8.38. The third-order valence-electron chi connectivity index (χ3n) is 5.28. The molecule has 4 heteroatoms. The van der Waals surface area contributed by atoms with Gasteiger partial charge in [0.1, 0.15) is 0 Å². The summed E-state index contributed by atoms with van der Waals surface area (Å²) < 4.78 is 0. The highest BCUT2D eigenvalue weighted by atomic mass is 16.3. The van der Waals surface area contributed by atoms with E-state index in [9.17, 15) is 14.7 Å². The minimum atomic E-state index is -0.886. The number of aliphatic hydroxyl groups excluding tert-OH is 1. The minimum Gasteiger partial charge on any atom is -0.392 e. The molecule has 0 aromatic heterocycles. The molecule has 0 saturated carbocycles. The number of amides is 2. The third-order valence-corrected chi connectivity index (χ3v) is 5.28. The van der Waals surface area contributed by atoms with E-state index in [1.807, 2.05) is 81.4 Å². The van der Waals surface area contributed by atoms with Crippen LogP contribution >= 0.6 is 0 Å². The van der Waals surface area contributed by atoms with Gasteiger partial charge in [0.25, 0.3) is 0 Å². The molecule has 1 heterocycles. The Bertz CT molecular complexity index is 795. The van der Waals surface area contributed by atoms with Crippen LogP contribution in [0.25, 0.3) is 0 Å². The van der Waals surface area contributed by atoms with Crippen molar-refractivity contribution in [3.05, 3.63) is 71.8 Å². The van der Waals surface area contributed by atoms with Gasteiger partial charge in [-0.25, -0.2) is 0 Å². The monoisotopic (exact) mass is 365 g/mol. The maximum absolute atomic E-state index is 13.2. The summed E-state index contributed by atoms with van der Waals surface area (Å²) in [5.74, 6) is -1.73. The van der Waals surface area contributed by atoms with Gasteiger partial charge in [-0.05, 0) is 23.0 Å². The Morgan fingerprint density at radius 2 is 1.41 bits per heavy atom. The van der Waals surface area contributed by atoms with Crippen molar-refractivity contribution in [2.45, 2.75) is 39.8 Å². The van der Waals surface area contributed by atoms with Crippen molar-refractivity contribution < 1.29 is 14.7 Å². The molecule has 2 aromatic carbocycles. The van der Waals surface area contributed by atoms with Crippen molar-refractivity contribution in [2.75, 3.05) is 0 Å². The number of likely N-dealkylation sites (tertiary alicyclic amines) is 1. The zero-order chi connectivity index (χ0) is 19.6. The van der Waals surface area contributed by atoms with Gasteiger partial charge in [-0.3, -0.25) is 14.5 Å². The fourth-order valence-electron chi connectivity index (χ4n) is 3.71. The molecule has 4 nitrogen and oxygen atoms in total. The molecule has 2 aromatic rings. The first-order valence-corrected chi connectivity index (χ1v) is 9.40. The number of carbonyl (C=O) groups is 2. The standard InChI is InChI=1S/C23H27NO3/c1-23(2,3)20(25)19-18(14-16-10-6-4-7-11-16)21(26)24(22(19)27)15-17-12-8-5-9-13-17/h4-13,18-20,25H,14-15H2,1-3H3/t18-,19+,20?/m0/s1. The normalized spacial score (nSPS) is 21.6. The Hall–Kier alpha value is -2.46. The molecule has 0 aliphatic carbocycles. The minimum absolute atomic E-state index is 0.194. The summed E-state index contributed by atoms with van der Waals surface area (Å²) in [4.78, 5) is 27.6. The maximum atomic E-state index is 13.2. The first kappa shape index (κ1) is 19.3. The van der Waals surface area contributed by atoms with Gasteiger partial charge in [-0.1, -0.05) is 81.4 Å². The predicted molar refractivity (Wildman–Crippen MR) is 105 cm³/mol. The maximum Gasteiger partial charge on any atom is 0.236 e. The van der Waals surface area contributed by atoms with Gasteiger partial charge >= 0.3 is 0 Å². The summed E-state index contributed by atoms with van der Waals surface area (Å²) in [5.41, 5.74) is 1.41. The van der Waals surface area contributed by atoms with E-state index in [0.717, 1.165) is 11.1 Å². The van der Waals surface area contributed by atoms with Crippen LogP contribution in [0, 0.1) is 17.3 Å². The number of aliphatic hydroxyl groups is 1. The molecule has 1 N–H and O–H groups in total. The van der Waals surface area contributed by atoms with Crippen LogP contribution < -0.4 is 0 Å². The lowest BCUT2D eigenvalue weighted by Crippen LogP contribution is -2.41. The van der Waals surface area contributed by atoms with Gasteiger partial charge < -0.3 is 5.11 Å². The molecular weight excluding hydrogens is 338 g/mol. The molecule has 1 aliphatic rings. The van der Waals surface area contributed by atoms with E-state index < -0.39 is 23.4 Å². The van der Waals surface area contributed by atoms with Crippen LogP contribution in [0.15, 0.2) is 60.7 Å². The number of hydrogen-bond donors (Lipinski definition) is 1. The van der Waals surface area contributed by atoms with Crippen LogP contribution in [0.4, 0.5) is 0 Å². The average molecular weight is 365 g/mol. The van der Waals surface area contributed by atoms with Crippen LogP contribution in [0.5, 0.6) is 0 Å². The van der Waals surface area contributed by atoms with E-state index in [4.69, 9.17) is 0 Å². The quantitative estimate of drug-likeness (QED) is 0.826. The molecule has 1 unspecified atom stereocenters. The Balaban J connectivity index is 1.92. The van der Waals surface area contributed by atoms with E-state index in [2.05, 4.69) is 0 Å². The van der Waals surface area contributed by atoms with E-state index in [1.165, 1.54) is 4.90 Å². The number of imide groups is 1. The molecule has 0 spiro atoms. The number of hydrogen-bond acceptors (Lipinski definition) is 3. The summed E-state index contributed by atoms with van der Waals surface area (Å²) in [7, 11) is 0.